The Hall–Kier alpha value is -0.790. The smallest absolute Gasteiger partial charge is 0.315 e. The molecule has 0 aromatic carbocycles. The third kappa shape index (κ3) is 2.11. The van der Waals surface area contributed by atoms with E-state index in [0.29, 0.717) is 5.92 Å². The first-order valence-electron chi connectivity index (χ1n) is 4.87. The van der Waals surface area contributed by atoms with Gasteiger partial charge in [0, 0.05) is 0 Å². The number of methoxy groups -OCH3 is 1. The van der Waals surface area contributed by atoms with Crippen molar-refractivity contribution in [3.63, 3.8) is 0 Å². The van der Waals surface area contributed by atoms with Crippen molar-refractivity contribution in [2.75, 3.05) is 7.11 Å². The Morgan fingerprint density at radius 2 is 2.31 bits per heavy atom. The van der Waals surface area contributed by atoms with Gasteiger partial charge in [-0.05, 0) is 25.2 Å². The maximum atomic E-state index is 11.6. The van der Waals surface area contributed by atoms with Gasteiger partial charge in [-0.3, -0.25) is 4.79 Å². The molecule has 2 heteroatoms. The molecule has 2 nitrogen and oxygen atoms in total. The Labute approximate surface area is 80.0 Å². The Morgan fingerprint density at radius 1 is 1.62 bits per heavy atom. The molecule has 0 aromatic rings. The van der Waals surface area contributed by atoms with Crippen molar-refractivity contribution >= 4 is 5.97 Å². The van der Waals surface area contributed by atoms with Crippen LogP contribution in [-0.2, 0) is 9.53 Å². The number of allylic oxidation sites excluding steroid dienone is 1. The summed E-state index contributed by atoms with van der Waals surface area (Å²) < 4.78 is 4.85. The molecule has 74 valence electrons. The van der Waals surface area contributed by atoms with E-state index in [2.05, 4.69) is 19.9 Å². The van der Waals surface area contributed by atoms with Crippen molar-refractivity contribution in [1.29, 1.82) is 0 Å². The molecule has 0 radical (unpaired) electrons. The second-order valence-corrected chi connectivity index (χ2v) is 4.19. The van der Waals surface area contributed by atoms with E-state index in [9.17, 15) is 4.79 Å². The summed E-state index contributed by atoms with van der Waals surface area (Å²) in [6, 6.07) is 0. The summed E-state index contributed by atoms with van der Waals surface area (Å²) in [6.07, 6.45) is 6.92. The van der Waals surface area contributed by atoms with Crippen LogP contribution >= 0.6 is 0 Å². The molecule has 1 rings (SSSR count). The van der Waals surface area contributed by atoms with Crippen molar-refractivity contribution < 1.29 is 9.53 Å². The lowest BCUT2D eigenvalue weighted by Crippen LogP contribution is -2.29. The summed E-state index contributed by atoms with van der Waals surface area (Å²) in [5.74, 6) is 0.455. The Bertz CT molecular complexity index is 218. The number of carbonyl (C=O) groups is 1. The fourth-order valence-corrected chi connectivity index (χ4v) is 2.09. The van der Waals surface area contributed by atoms with E-state index in [1.54, 1.807) is 0 Å². The van der Waals surface area contributed by atoms with Crippen LogP contribution in [0.15, 0.2) is 12.2 Å². The van der Waals surface area contributed by atoms with Crippen LogP contribution in [0, 0.1) is 11.3 Å². The van der Waals surface area contributed by atoms with E-state index in [1.807, 2.05) is 6.08 Å². The second-order valence-electron chi connectivity index (χ2n) is 4.19. The van der Waals surface area contributed by atoms with Gasteiger partial charge in [0.25, 0.3) is 0 Å². The molecule has 0 aromatic heterocycles. The van der Waals surface area contributed by atoms with Gasteiger partial charge in [-0.15, -0.1) is 0 Å². The predicted molar refractivity (Wildman–Crippen MR) is 52.3 cm³/mol. The van der Waals surface area contributed by atoms with Crippen LogP contribution in [0.25, 0.3) is 0 Å². The van der Waals surface area contributed by atoms with E-state index in [-0.39, 0.29) is 11.4 Å². The van der Waals surface area contributed by atoms with Crippen LogP contribution in [-0.4, -0.2) is 13.1 Å². The Kier molecular flexibility index (Phi) is 3.12. The molecule has 1 aliphatic rings. The van der Waals surface area contributed by atoms with Gasteiger partial charge in [0.1, 0.15) is 0 Å². The maximum Gasteiger partial charge on any atom is 0.315 e. The van der Waals surface area contributed by atoms with Crippen LogP contribution in [0.3, 0.4) is 0 Å². The minimum atomic E-state index is -0.317. The van der Waals surface area contributed by atoms with Gasteiger partial charge >= 0.3 is 5.97 Å². The molecule has 0 aliphatic heterocycles. The lowest BCUT2D eigenvalue weighted by molar-refractivity contribution is -0.150. The SMILES string of the molecule is COC(=O)C1(CC(C)C)C=CCC1. The summed E-state index contributed by atoms with van der Waals surface area (Å²) in [5, 5.41) is 0. The predicted octanol–water partition coefficient (Wildman–Crippen LogP) is 2.54. The zero-order chi connectivity index (χ0) is 9.90. The molecule has 1 aliphatic carbocycles. The van der Waals surface area contributed by atoms with Crippen LogP contribution in [0.4, 0.5) is 0 Å². The largest absolute Gasteiger partial charge is 0.468 e. The Balaban J connectivity index is 2.75. The quantitative estimate of drug-likeness (QED) is 0.495. The van der Waals surface area contributed by atoms with Gasteiger partial charge < -0.3 is 4.74 Å². The molecule has 0 fully saturated rings. The number of hydrogen-bond donors (Lipinski definition) is 0. The van der Waals surface area contributed by atoms with Crippen molar-refractivity contribution in [2.24, 2.45) is 11.3 Å². The van der Waals surface area contributed by atoms with Crippen molar-refractivity contribution in [1.82, 2.24) is 0 Å². The highest BCUT2D eigenvalue weighted by Gasteiger charge is 2.39. The normalized spacial score (nSPS) is 26.8. The number of esters is 1. The molecular formula is C11H18O2. The van der Waals surface area contributed by atoms with Crippen LogP contribution in [0.5, 0.6) is 0 Å². The molecule has 0 bridgehead atoms. The minimum absolute atomic E-state index is 0.0741. The van der Waals surface area contributed by atoms with Gasteiger partial charge in [-0.25, -0.2) is 0 Å². The molecule has 13 heavy (non-hydrogen) atoms. The molecular weight excluding hydrogens is 164 g/mol. The summed E-state index contributed by atoms with van der Waals surface area (Å²) in [5.41, 5.74) is -0.317. The summed E-state index contributed by atoms with van der Waals surface area (Å²) >= 11 is 0. The van der Waals surface area contributed by atoms with E-state index in [4.69, 9.17) is 4.74 Å². The average molecular weight is 182 g/mol. The summed E-state index contributed by atoms with van der Waals surface area (Å²) in [4.78, 5) is 11.6. The maximum absolute atomic E-state index is 11.6. The molecule has 0 saturated carbocycles. The lowest BCUT2D eigenvalue weighted by atomic mass is 9.80. The zero-order valence-corrected chi connectivity index (χ0v) is 8.67. The highest BCUT2D eigenvalue weighted by atomic mass is 16.5. The van der Waals surface area contributed by atoms with E-state index in [0.717, 1.165) is 19.3 Å². The van der Waals surface area contributed by atoms with Crippen LogP contribution in [0.1, 0.15) is 33.1 Å². The highest BCUT2D eigenvalue weighted by molar-refractivity contribution is 5.79. The molecule has 0 N–H and O–H groups in total. The Morgan fingerprint density at radius 3 is 2.69 bits per heavy atom. The number of ether oxygens (including phenoxy) is 1. The van der Waals surface area contributed by atoms with Gasteiger partial charge in [-0.2, -0.15) is 0 Å². The van der Waals surface area contributed by atoms with Crippen molar-refractivity contribution in [2.45, 2.75) is 33.1 Å². The van der Waals surface area contributed by atoms with E-state index in [1.165, 1.54) is 7.11 Å². The lowest BCUT2D eigenvalue weighted by Gasteiger charge is -2.25. The third-order valence-corrected chi connectivity index (χ3v) is 2.56. The molecule has 0 amide bonds. The molecule has 1 atom stereocenters. The van der Waals surface area contributed by atoms with E-state index < -0.39 is 0 Å². The van der Waals surface area contributed by atoms with Crippen LogP contribution in [0.2, 0.25) is 0 Å². The first kappa shape index (κ1) is 10.3. The standard InChI is InChI=1S/C11H18O2/c1-9(2)8-11(10(12)13-3)6-4-5-7-11/h4,6,9H,5,7-8H2,1-3H3. The van der Waals surface area contributed by atoms with Gasteiger partial charge in [0.2, 0.25) is 0 Å². The molecule has 0 spiro atoms. The number of carbonyl (C=O) groups excluding carboxylic acids is 1. The summed E-state index contributed by atoms with van der Waals surface area (Å²) in [7, 11) is 1.47. The van der Waals surface area contributed by atoms with Gasteiger partial charge in [0.15, 0.2) is 0 Å². The van der Waals surface area contributed by atoms with Crippen molar-refractivity contribution in [3.05, 3.63) is 12.2 Å². The minimum Gasteiger partial charge on any atom is -0.468 e. The fourth-order valence-electron chi connectivity index (χ4n) is 2.09. The first-order chi connectivity index (χ1) is 6.10. The van der Waals surface area contributed by atoms with Gasteiger partial charge in [0.05, 0.1) is 12.5 Å². The molecule has 0 saturated heterocycles. The van der Waals surface area contributed by atoms with Crippen molar-refractivity contribution in [3.8, 4) is 0 Å². The topological polar surface area (TPSA) is 26.3 Å². The third-order valence-electron chi connectivity index (χ3n) is 2.56. The zero-order valence-electron chi connectivity index (χ0n) is 8.67. The monoisotopic (exact) mass is 182 g/mol. The summed E-state index contributed by atoms with van der Waals surface area (Å²) in [6.45, 7) is 4.27. The average Bonchev–Trinajstić information content (AvgIpc) is 2.51. The van der Waals surface area contributed by atoms with Gasteiger partial charge in [-0.1, -0.05) is 26.0 Å². The van der Waals surface area contributed by atoms with Crippen LogP contribution < -0.4 is 0 Å². The first-order valence-corrected chi connectivity index (χ1v) is 4.87. The molecule has 1 unspecified atom stereocenters. The highest BCUT2D eigenvalue weighted by Crippen LogP contribution is 2.39. The molecule has 0 heterocycles. The number of rotatable bonds is 3. The second kappa shape index (κ2) is 3.95. The fraction of sp³-hybridized carbons (Fsp3) is 0.727. The van der Waals surface area contributed by atoms with E-state index >= 15 is 0 Å². The number of hydrogen-bond acceptors (Lipinski definition) is 2.